The van der Waals surface area contributed by atoms with Gasteiger partial charge in [0.25, 0.3) is 0 Å². The average molecular weight is 552 g/mol. The van der Waals surface area contributed by atoms with Crippen molar-refractivity contribution in [1.29, 1.82) is 0 Å². The van der Waals surface area contributed by atoms with Gasteiger partial charge in [0.2, 0.25) is 5.95 Å². The molecule has 202 valence electrons. The zero-order chi connectivity index (χ0) is 27.3. The van der Waals surface area contributed by atoms with E-state index in [0.29, 0.717) is 69.1 Å². The Morgan fingerprint density at radius 2 is 2.15 bits per heavy atom. The van der Waals surface area contributed by atoms with Crippen LogP contribution in [0.2, 0.25) is 0 Å². The monoisotopic (exact) mass is 551 g/mol. The second-order valence-electron chi connectivity index (χ2n) is 10.0. The topological polar surface area (TPSA) is 142 Å². The smallest absolute Gasteiger partial charge is 0.222 e. The quantitative estimate of drug-likeness (QED) is 0.288. The van der Waals surface area contributed by atoms with Crippen LogP contribution in [0.25, 0.3) is 22.0 Å². The van der Waals surface area contributed by atoms with Crippen molar-refractivity contribution in [2.75, 3.05) is 18.9 Å². The van der Waals surface area contributed by atoms with Crippen LogP contribution >= 0.6 is 11.6 Å². The summed E-state index contributed by atoms with van der Waals surface area (Å²) in [6.45, 7) is 2.65. The number of fused-ring (bicyclic) bond motifs is 2. The van der Waals surface area contributed by atoms with Crippen molar-refractivity contribution in [3.8, 4) is 5.75 Å². The van der Waals surface area contributed by atoms with Crippen molar-refractivity contribution < 1.29 is 23.1 Å². The fourth-order valence-electron chi connectivity index (χ4n) is 5.52. The standard InChI is InChI=1S/C28H27ClFN5O4/c1-14-6-17-7-18(30)8-22(25(17)38-14)39-28(5-4-15(12-36)21(29)9-28)20-11-33-26-23(20)24(34-27(32)35-26)16-2-3-19(10-31)37-13-16/h4-8,11-12,16,19H,2-3,9-10,13,31H2,1H3,(H3,32,33,34,35)/t16-,19-,28?/m0/s1. The number of rotatable bonds is 6. The number of nitrogens with two attached hydrogens (primary N) is 2. The predicted octanol–water partition coefficient (Wildman–Crippen LogP) is 4.88. The first-order valence-electron chi connectivity index (χ1n) is 12.7. The zero-order valence-electron chi connectivity index (χ0n) is 21.2. The zero-order valence-corrected chi connectivity index (χ0v) is 21.9. The molecule has 0 spiro atoms. The summed E-state index contributed by atoms with van der Waals surface area (Å²) in [5.41, 5.74) is 13.3. The minimum Gasteiger partial charge on any atom is -0.474 e. The van der Waals surface area contributed by atoms with Gasteiger partial charge in [-0.1, -0.05) is 17.7 Å². The van der Waals surface area contributed by atoms with Crippen LogP contribution < -0.4 is 16.2 Å². The molecule has 4 heterocycles. The van der Waals surface area contributed by atoms with Crippen molar-refractivity contribution >= 4 is 45.8 Å². The number of nitrogens with zero attached hydrogens (tertiary/aromatic N) is 2. The number of hydrogen-bond acceptors (Lipinski definition) is 8. The summed E-state index contributed by atoms with van der Waals surface area (Å²) in [6.07, 6.45) is 7.49. The van der Waals surface area contributed by atoms with Gasteiger partial charge in [-0.2, -0.15) is 4.98 Å². The first-order valence-corrected chi connectivity index (χ1v) is 13.1. The fraction of sp³-hybridized carbons (Fsp3) is 0.321. The van der Waals surface area contributed by atoms with Gasteiger partial charge in [-0.3, -0.25) is 4.79 Å². The number of anilines is 1. The summed E-state index contributed by atoms with van der Waals surface area (Å²) in [6, 6.07) is 4.40. The Labute approximate surface area is 228 Å². The predicted molar refractivity (Wildman–Crippen MR) is 145 cm³/mol. The van der Waals surface area contributed by atoms with Crippen LogP contribution in [0.1, 0.15) is 42.2 Å². The van der Waals surface area contributed by atoms with Gasteiger partial charge in [-0.15, -0.1) is 0 Å². The Morgan fingerprint density at radius 3 is 2.87 bits per heavy atom. The molecule has 1 aliphatic carbocycles. The summed E-state index contributed by atoms with van der Waals surface area (Å²) in [4.78, 5) is 23.9. The van der Waals surface area contributed by atoms with Crippen LogP contribution in [0.3, 0.4) is 0 Å². The van der Waals surface area contributed by atoms with Gasteiger partial charge in [0.15, 0.2) is 23.2 Å². The fourth-order valence-corrected chi connectivity index (χ4v) is 5.83. The molecule has 1 unspecified atom stereocenters. The molecule has 39 heavy (non-hydrogen) atoms. The molecule has 0 bridgehead atoms. The highest BCUT2D eigenvalue weighted by atomic mass is 35.5. The molecule has 5 N–H and O–H groups in total. The number of carbonyl (C=O) groups is 1. The third kappa shape index (κ3) is 4.48. The van der Waals surface area contributed by atoms with E-state index in [1.165, 1.54) is 12.1 Å². The molecule has 1 aliphatic heterocycles. The molecule has 6 rings (SSSR count). The molecule has 1 aromatic carbocycles. The summed E-state index contributed by atoms with van der Waals surface area (Å²) >= 11 is 6.63. The van der Waals surface area contributed by atoms with E-state index in [0.717, 1.165) is 12.8 Å². The van der Waals surface area contributed by atoms with Gasteiger partial charge in [-0.05, 0) is 38.0 Å². The number of carbonyl (C=O) groups excluding carboxylic acids is 1. The molecule has 3 aromatic heterocycles. The highest BCUT2D eigenvalue weighted by molar-refractivity contribution is 6.31. The number of aryl methyl sites for hydroxylation is 1. The van der Waals surface area contributed by atoms with E-state index in [9.17, 15) is 9.18 Å². The molecule has 4 aromatic rings. The molecule has 1 saturated heterocycles. The number of benzene rings is 1. The molecular weight excluding hydrogens is 525 g/mol. The van der Waals surface area contributed by atoms with E-state index < -0.39 is 11.4 Å². The van der Waals surface area contributed by atoms with Crippen LogP contribution in [-0.4, -0.2) is 40.5 Å². The largest absolute Gasteiger partial charge is 0.474 e. The lowest BCUT2D eigenvalue weighted by Crippen LogP contribution is -2.34. The van der Waals surface area contributed by atoms with Crippen molar-refractivity contribution in [3.63, 3.8) is 0 Å². The molecule has 0 amide bonds. The van der Waals surface area contributed by atoms with Crippen LogP contribution in [0.15, 0.2) is 51.6 Å². The molecular formula is C28H27ClFN5O4. The van der Waals surface area contributed by atoms with Crippen LogP contribution in [-0.2, 0) is 15.1 Å². The highest BCUT2D eigenvalue weighted by Crippen LogP contribution is 2.46. The lowest BCUT2D eigenvalue weighted by atomic mass is 9.83. The first kappa shape index (κ1) is 25.5. The minimum absolute atomic E-state index is 0.00424. The van der Waals surface area contributed by atoms with Crippen molar-refractivity contribution in [2.24, 2.45) is 5.73 Å². The van der Waals surface area contributed by atoms with Gasteiger partial charge in [-0.25, -0.2) is 9.37 Å². The summed E-state index contributed by atoms with van der Waals surface area (Å²) in [5.74, 6) is 0.389. The van der Waals surface area contributed by atoms with E-state index in [1.54, 1.807) is 31.3 Å². The molecule has 9 nitrogen and oxygen atoms in total. The first-order chi connectivity index (χ1) is 18.8. The van der Waals surface area contributed by atoms with Gasteiger partial charge >= 0.3 is 0 Å². The summed E-state index contributed by atoms with van der Waals surface area (Å²) in [7, 11) is 0. The molecule has 2 aliphatic rings. The number of halogens is 2. The number of aromatic amines is 1. The van der Waals surface area contributed by atoms with Crippen molar-refractivity contribution in [1.82, 2.24) is 15.0 Å². The van der Waals surface area contributed by atoms with E-state index in [2.05, 4.69) is 15.0 Å². The Morgan fingerprint density at radius 1 is 1.31 bits per heavy atom. The molecule has 0 saturated carbocycles. The summed E-state index contributed by atoms with van der Waals surface area (Å²) < 4.78 is 33.2. The Balaban J connectivity index is 1.54. The summed E-state index contributed by atoms with van der Waals surface area (Å²) in [5, 5.41) is 1.57. The van der Waals surface area contributed by atoms with Crippen LogP contribution in [0.4, 0.5) is 10.3 Å². The molecule has 0 radical (unpaired) electrons. The maximum Gasteiger partial charge on any atom is 0.222 e. The molecule has 11 heteroatoms. The third-order valence-corrected chi connectivity index (χ3v) is 7.76. The van der Waals surface area contributed by atoms with Gasteiger partial charge in [0, 0.05) is 58.1 Å². The number of aldehydes is 1. The number of nitrogens with one attached hydrogen (secondary N) is 1. The maximum absolute atomic E-state index is 14.7. The maximum atomic E-state index is 14.7. The lowest BCUT2D eigenvalue weighted by Gasteiger charge is -2.35. The Kier molecular flexibility index (Phi) is 6.41. The van der Waals surface area contributed by atoms with Gasteiger partial charge in [0.1, 0.15) is 17.2 Å². The Bertz CT molecular complexity index is 1650. The van der Waals surface area contributed by atoms with E-state index >= 15 is 0 Å². The van der Waals surface area contributed by atoms with Crippen LogP contribution in [0.5, 0.6) is 5.75 Å². The van der Waals surface area contributed by atoms with Gasteiger partial charge in [0.05, 0.1) is 18.4 Å². The minimum atomic E-state index is -1.26. The second-order valence-corrected chi connectivity index (χ2v) is 10.5. The van der Waals surface area contributed by atoms with Gasteiger partial charge < -0.3 is 30.3 Å². The Hall–Kier alpha value is -3.73. The second kappa shape index (κ2) is 9.78. The number of nitrogen functional groups attached to an aromatic ring is 1. The number of aromatic nitrogens is 3. The lowest BCUT2D eigenvalue weighted by molar-refractivity contribution is -0.104. The highest BCUT2D eigenvalue weighted by Gasteiger charge is 2.41. The van der Waals surface area contributed by atoms with E-state index in [1.807, 2.05) is 0 Å². The molecule has 1 fully saturated rings. The molecule has 3 atom stereocenters. The normalized spacial score (nSPS) is 23.6. The van der Waals surface area contributed by atoms with E-state index in [4.69, 9.17) is 37.0 Å². The number of H-pyrrole nitrogens is 1. The third-order valence-electron chi connectivity index (χ3n) is 7.40. The van der Waals surface area contributed by atoms with Crippen molar-refractivity contribution in [2.45, 2.75) is 43.8 Å². The number of allylic oxidation sites excluding steroid dienone is 2. The average Bonchev–Trinajstić information content (AvgIpc) is 3.51. The number of furan rings is 1. The number of hydrogen-bond donors (Lipinski definition) is 3. The number of ether oxygens (including phenoxy) is 2. The SMILES string of the molecule is Cc1cc2cc(F)cc(OC3(c4c[nH]c5nc(N)nc([C@H]6CC[C@@H](CN)OC6)c45)C=CC(C=O)=C(Cl)C3)c2o1. The van der Waals surface area contributed by atoms with Crippen molar-refractivity contribution in [3.05, 3.63) is 70.0 Å². The van der Waals surface area contributed by atoms with Crippen LogP contribution in [0, 0.1) is 12.7 Å². The van der Waals surface area contributed by atoms with E-state index in [-0.39, 0.29) is 30.1 Å².